The van der Waals surface area contributed by atoms with Gasteiger partial charge in [-0.1, -0.05) is 27.2 Å². The van der Waals surface area contributed by atoms with Gasteiger partial charge in [0.25, 0.3) is 0 Å². The molecule has 0 fully saturated rings. The van der Waals surface area contributed by atoms with Crippen molar-refractivity contribution < 1.29 is 4.42 Å². The molecular weight excluding hydrogens is 212 g/mol. The highest BCUT2D eigenvalue weighted by atomic mass is 16.3. The first-order valence-corrected chi connectivity index (χ1v) is 6.47. The van der Waals surface area contributed by atoms with Crippen molar-refractivity contribution in [2.75, 3.05) is 19.6 Å². The van der Waals surface area contributed by atoms with Gasteiger partial charge in [-0.3, -0.25) is 0 Å². The summed E-state index contributed by atoms with van der Waals surface area (Å²) in [7, 11) is 0. The Kier molecular flexibility index (Phi) is 5.22. The zero-order valence-electron chi connectivity index (χ0n) is 11.5. The van der Waals surface area contributed by atoms with Gasteiger partial charge in [0, 0.05) is 12.0 Å². The van der Waals surface area contributed by atoms with Crippen LogP contribution >= 0.6 is 0 Å². The van der Waals surface area contributed by atoms with E-state index in [1.807, 2.05) is 13.0 Å². The van der Waals surface area contributed by atoms with Gasteiger partial charge in [-0.05, 0) is 38.1 Å². The minimum absolute atomic E-state index is 0.0289. The average molecular weight is 238 g/mol. The van der Waals surface area contributed by atoms with E-state index in [9.17, 15) is 0 Å². The maximum atomic E-state index is 5.69. The van der Waals surface area contributed by atoms with Crippen molar-refractivity contribution in [1.29, 1.82) is 0 Å². The third-order valence-corrected chi connectivity index (χ3v) is 3.32. The first kappa shape index (κ1) is 14.3. The van der Waals surface area contributed by atoms with E-state index >= 15 is 0 Å². The van der Waals surface area contributed by atoms with Crippen molar-refractivity contribution in [3.63, 3.8) is 0 Å². The Morgan fingerprint density at radius 3 is 2.59 bits per heavy atom. The van der Waals surface area contributed by atoms with E-state index in [0.717, 1.165) is 37.6 Å². The van der Waals surface area contributed by atoms with Gasteiger partial charge < -0.3 is 15.5 Å². The number of hydrogen-bond donors (Lipinski definition) is 2. The Morgan fingerprint density at radius 2 is 2.12 bits per heavy atom. The minimum atomic E-state index is 0.0289. The lowest BCUT2D eigenvalue weighted by Crippen LogP contribution is -2.36. The van der Waals surface area contributed by atoms with Gasteiger partial charge in [-0.25, -0.2) is 0 Å². The topological polar surface area (TPSA) is 51.2 Å². The smallest absolute Gasteiger partial charge is 0.111 e. The lowest BCUT2D eigenvalue weighted by Gasteiger charge is -2.24. The molecule has 1 aromatic heterocycles. The van der Waals surface area contributed by atoms with Crippen LogP contribution in [0.25, 0.3) is 0 Å². The lowest BCUT2D eigenvalue weighted by atomic mass is 9.90. The molecule has 0 aromatic carbocycles. The summed E-state index contributed by atoms with van der Waals surface area (Å²) in [4.78, 5) is 0. The summed E-state index contributed by atoms with van der Waals surface area (Å²) in [5.41, 5.74) is 5.72. The highest BCUT2D eigenvalue weighted by Gasteiger charge is 2.23. The summed E-state index contributed by atoms with van der Waals surface area (Å²) in [6.45, 7) is 11.2. The second kappa shape index (κ2) is 6.22. The predicted molar refractivity (Wildman–Crippen MR) is 72.2 cm³/mol. The summed E-state index contributed by atoms with van der Waals surface area (Å²) >= 11 is 0. The van der Waals surface area contributed by atoms with Gasteiger partial charge in [0.1, 0.15) is 11.5 Å². The average Bonchev–Trinajstić information content (AvgIpc) is 2.72. The van der Waals surface area contributed by atoms with Crippen molar-refractivity contribution in [3.05, 3.63) is 23.7 Å². The molecule has 0 spiro atoms. The van der Waals surface area contributed by atoms with Crippen molar-refractivity contribution in [2.45, 2.75) is 39.5 Å². The summed E-state index contributed by atoms with van der Waals surface area (Å²) in [6.07, 6.45) is 1.13. The van der Waals surface area contributed by atoms with Gasteiger partial charge in [0.2, 0.25) is 0 Å². The van der Waals surface area contributed by atoms with E-state index in [4.69, 9.17) is 10.2 Å². The Balaban J connectivity index is 2.44. The van der Waals surface area contributed by atoms with Crippen molar-refractivity contribution >= 4 is 0 Å². The van der Waals surface area contributed by atoms with Crippen molar-refractivity contribution in [3.8, 4) is 0 Å². The van der Waals surface area contributed by atoms with Crippen LogP contribution in [0.1, 0.15) is 38.7 Å². The lowest BCUT2D eigenvalue weighted by molar-refractivity contribution is 0.345. The monoisotopic (exact) mass is 238 g/mol. The molecule has 0 saturated heterocycles. The molecule has 1 aromatic rings. The fourth-order valence-corrected chi connectivity index (χ4v) is 1.87. The second-order valence-electron chi connectivity index (χ2n) is 5.44. The van der Waals surface area contributed by atoms with Crippen molar-refractivity contribution in [1.82, 2.24) is 5.32 Å². The molecule has 1 atom stereocenters. The van der Waals surface area contributed by atoms with Gasteiger partial charge in [-0.2, -0.15) is 0 Å². The van der Waals surface area contributed by atoms with Crippen LogP contribution < -0.4 is 11.1 Å². The van der Waals surface area contributed by atoms with E-state index in [0.29, 0.717) is 5.92 Å². The summed E-state index contributed by atoms with van der Waals surface area (Å²) in [5, 5.41) is 3.50. The normalized spacial score (nSPS) is 13.9. The van der Waals surface area contributed by atoms with Crippen LogP contribution in [0.4, 0.5) is 0 Å². The maximum Gasteiger partial charge on any atom is 0.111 e. The molecule has 0 bridgehead atoms. The molecule has 17 heavy (non-hydrogen) atoms. The van der Waals surface area contributed by atoms with E-state index in [-0.39, 0.29) is 5.41 Å². The molecule has 3 heteroatoms. The Bertz CT molecular complexity index is 327. The van der Waals surface area contributed by atoms with E-state index in [1.54, 1.807) is 0 Å². The van der Waals surface area contributed by atoms with Gasteiger partial charge in [0.05, 0.1) is 0 Å². The highest BCUT2D eigenvalue weighted by molar-refractivity contribution is 5.15. The van der Waals surface area contributed by atoms with Crippen LogP contribution in [0.15, 0.2) is 16.5 Å². The molecule has 0 saturated carbocycles. The number of nitrogens with one attached hydrogen (secondary N) is 1. The third-order valence-electron chi connectivity index (χ3n) is 3.32. The molecule has 1 rings (SSSR count). The molecule has 98 valence electrons. The molecule has 0 aliphatic carbocycles. The van der Waals surface area contributed by atoms with Crippen LogP contribution in [-0.4, -0.2) is 19.6 Å². The third kappa shape index (κ3) is 4.17. The van der Waals surface area contributed by atoms with Crippen LogP contribution in [0.3, 0.4) is 0 Å². The van der Waals surface area contributed by atoms with E-state index in [2.05, 4.69) is 32.2 Å². The first-order valence-electron chi connectivity index (χ1n) is 6.47. The number of furan rings is 1. The molecule has 0 amide bonds. The quantitative estimate of drug-likeness (QED) is 0.767. The molecule has 0 aliphatic rings. The fraction of sp³-hybridized carbons (Fsp3) is 0.714. The van der Waals surface area contributed by atoms with E-state index < -0.39 is 0 Å². The zero-order valence-corrected chi connectivity index (χ0v) is 11.5. The van der Waals surface area contributed by atoms with Crippen LogP contribution in [0.5, 0.6) is 0 Å². The molecule has 0 aliphatic heterocycles. The minimum Gasteiger partial charge on any atom is -0.466 e. The van der Waals surface area contributed by atoms with Crippen LogP contribution in [0.2, 0.25) is 0 Å². The van der Waals surface area contributed by atoms with Crippen LogP contribution in [-0.2, 0) is 5.41 Å². The number of hydrogen-bond acceptors (Lipinski definition) is 3. The Hall–Kier alpha value is -0.800. The highest BCUT2D eigenvalue weighted by Crippen LogP contribution is 2.24. The summed E-state index contributed by atoms with van der Waals surface area (Å²) < 4.78 is 5.69. The Morgan fingerprint density at radius 1 is 1.41 bits per heavy atom. The summed E-state index contributed by atoms with van der Waals surface area (Å²) in [6, 6.07) is 4.09. The standard InChI is InChI=1S/C14H26N2O/c1-5-12(8-15)9-16-10-14(3,4)13-7-6-11(2)17-13/h6-7,12,16H,5,8-10,15H2,1-4H3. The molecular formula is C14H26N2O. The molecule has 0 radical (unpaired) electrons. The van der Waals surface area contributed by atoms with Crippen molar-refractivity contribution in [2.24, 2.45) is 11.7 Å². The molecule has 1 unspecified atom stereocenters. The van der Waals surface area contributed by atoms with Gasteiger partial charge >= 0.3 is 0 Å². The fourth-order valence-electron chi connectivity index (χ4n) is 1.87. The number of nitrogens with two attached hydrogens (primary N) is 1. The Labute approximate surface area is 105 Å². The zero-order chi connectivity index (χ0) is 12.9. The first-order chi connectivity index (χ1) is 7.99. The summed E-state index contributed by atoms with van der Waals surface area (Å²) in [5.74, 6) is 2.59. The molecule has 1 heterocycles. The van der Waals surface area contributed by atoms with E-state index in [1.165, 1.54) is 0 Å². The second-order valence-corrected chi connectivity index (χ2v) is 5.44. The number of aryl methyl sites for hydroxylation is 1. The largest absolute Gasteiger partial charge is 0.466 e. The number of rotatable bonds is 7. The molecule has 3 nitrogen and oxygen atoms in total. The van der Waals surface area contributed by atoms with Crippen LogP contribution in [0, 0.1) is 12.8 Å². The van der Waals surface area contributed by atoms with Gasteiger partial charge in [-0.15, -0.1) is 0 Å². The van der Waals surface area contributed by atoms with Gasteiger partial charge in [0.15, 0.2) is 0 Å². The predicted octanol–water partition coefficient (Wildman–Crippen LogP) is 2.44. The SMILES string of the molecule is CCC(CN)CNCC(C)(C)c1ccc(C)o1. The molecule has 3 N–H and O–H groups in total. The maximum absolute atomic E-state index is 5.69.